The molecule has 0 aliphatic carbocycles. The van der Waals surface area contributed by atoms with Gasteiger partial charge in [-0.25, -0.2) is 0 Å². The molecule has 0 N–H and O–H groups in total. The molecule has 0 bridgehead atoms. The summed E-state index contributed by atoms with van der Waals surface area (Å²) in [5.41, 5.74) is 0.753. The van der Waals surface area contributed by atoms with Gasteiger partial charge >= 0.3 is 0 Å². The Hall–Kier alpha value is -2.15. The third kappa shape index (κ3) is 3.94. The summed E-state index contributed by atoms with van der Waals surface area (Å²) in [5.74, 6) is 0. The highest BCUT2D eigenvalue weighted by molar-refractivity contribution is 6.05. The topological polar surface area (TPSA) is 17.1 Å². The van der Waals surface area contributed by atoms with Crippen LogP contribution in [0.3, 0.4) is 0 Å². The molecule has 0 saturated carbocycles. The van der Waals surface area contributed by atoms with Crippen LogP contribution in [0.4, 0.5) is 0 Å². The van der Waals surface area contributed by atoms with Gasteiger partial charge in [0.2, 0.25) is 0 Å². The largest absolute Gasteiger partial charge is 0.298 e. The van der Waals surface area contributed by atoms with Crippen LogP contribution in [0.1, 0.15) is 49.9 Å². The average molecular weight is 292 g/mol. The Bertz CT molecular complexity index is 739. The van der Waals surface area contributed by atoms with Gasteiger partial charge in [-0.2, -0.15) is 0 Å². The van der Waals surface area contributed by atoms with E-state index in [1.54, 1.807) is 0 Å². The van der Waals surface area contributed by atoms with Crippen molar-refractivity contribution in [2.45, 2.75) is 39.5 Å². The van der Waals surface area contributed by atoms with Crippen molar-refractivity contribution in [3.63, 3.8) is 0 Å². The third-order valence-electron chi connectivity index (χ3n) is 3.86. The van der Waals surface area contributed by atoms with E-state index in [-0.39, 0.29) is 0 Å². The van der Waals surface area contributed by atoms with Crippen molar-refractivity contribution >= 4 is 27.8 Å². The summed E-state index contributed by atoms with van der Waals surface area (Å²) in [5, 5.41) is 4.52. The number of hydrogen-bond donors (Lipinski definition) is 0. The lowest BCUT2D eigenvalue weighted by atomic mass is 10.0. The summed E-state index contributed by atoms with van der Waals surface area (Å²) >= 11 is 0. The van der Waals surface area contributed by atoms with Crippen LogP contribution in [0.15, 0.2) is 54.6 Å². The molecule has 0 amide bonds. The monoisotopic (exact) mass is 292 g/mol. The number of carbonyl (C=O) groups excluding carboxylic acids is 1. The van der Waals surface area contributed by atoms with Crippen molar-refractivity contribution in [3.05, 3.63) is 60.2 Å². The van der Waals surface area contributed by atoms with Gasteiger partial charge in [0.1, 0.15) is 0 Å². The number of fused-ring (bicyclic) bond motifs is 2. The van der Waals surface area contributed by atoms with Gasteiger partial charge in [0, 0.05) is 5.56 Å². The summed E-state index contributed by atoms with van der Waals surface area (Å²) in [6, 6.07) is 18.2. The number of hydrogen-bond acceptors (Lipinski definition) is 1. The van der Waals surface area contributed by atoms with Crippen LogP contribution >= 0.6 is 0 Å². The third-order valence-corrected chi connectivity index (χ3v) is 3.86. The minimum absolute atomic E-state index is 0.753. The first-order valence-corrected chi connectivity index (χ1v) is 8.16. The van der Waals surface area contributed by atoms with Crippen molar-refractivity contribution in [1.82, 2.24) is 0 Å². The molecule has 114 valence electrons. The lowest BCUT2D eigenvalue weighted by Crippen LogP contribution is -1.83. The molecule has 1 nitrogen and oxygen atoms in total. The molecule has 0 atom stereocenters. The molecule has 0 fully saturated rings. The van der Waals surface area contributed by atoms with Gasteiger partial charge in [0.05, 0.1) is 0 Å². The van der Waals surface area contributed by atoms with Crippen molar-refractivity contribution < 1.29 is 4.79 Å². The zero-order chi connectivity index (χ0) is 15.8. The van der Waals surface area contributed by atoms with Gasteiger partial charge in [-0.1, -0.05) is 82.0 Å². The maximum absolute atomic E-state index is 11.0. The van der Waals surface area contributed by atoms with Crippen molar-refractivity contribution in [1.29, 1.82) is 0 Å². The summed E-state index contributed by atoms with van der Waals surface area (Å²) < 4.78 is 0. The molecule has 0 aliphatic rings. The number of benzene rings is 3. The van der Waals surface area contributed by atoms with Crippen LogP contribution in [0.5, 0.6) is 0 Å². The summed E-state index contributed by atoms with van der Waals surface area (Å²) in [6.45, 7) is 4.46. The van der Waals surface area contributed by atoms with Crippen LogP contribution in [0.25, 0.3) is 21.5 Å². The standard InChI is InChI=1S/C15H10O.C6H14/c16-10-14-7-3-6-13-8-11-4-1-2-5-12(11)9-15(13)14;1-3-5-6-4-2/h1-10H;3-6H2,1-2H3. The molecule has 3 aromatic carbocycles. The van der Waals surface area contributed by atoms with Gasteiger partial charge in [0.25, 0.3) is 0 Å². The van der Waals surface area contributed by atoms with Crippen molar-refractivity contribution in [3.8, 4) is 0 Å². The predicted octanol–water partition coefficient (Wildman–Crippen LogP) is 6.39. The highest BCUT2D eigenvalue weighted by Gasteiger charge is 2.01. The maximum Gasteiger partial charge on any atom is 0.150 e. The summed E-state index contributed by atoms with van der Waals surface area (Å²) in [4.78, 5) is 11.0. The second kappa shape index (κ2) is 8.33. The van der Waals surface area contributed by atoms with Gasteiger partial charge in [0.15, 0.2) is 6.29 Å². The number of unbranched alkanes of at least 4 members (excludes halogenated alkanes) is 3. The van der Waals surface area contributed by atoms with Crippen molar-refractivity contribution in [2.24, 2.45) is 0 Å². The van der Waals surface area contributed by atoms with Crippen LogP contribution in [-0.4, -0.2) is 6.29 Å². The number of rotatable bonds is 4. The molecule has 22 heavy (non-hydrogen) atoms. The molecule has 0 aliphatic heterocycles. The molecule has 0 spiro atoms. The normalized spacial score (nSPS) is 10.3. The Labute approximate surface area is 133 Å². The SMILES string of the molecule is CCCCCC.O=Cc1cccc2cc3ccccc3cc12. The maximum atomic E-state index is 11.0. The van der Waals surface area contributed by atoms with E-state index >= 15 is 0 Å². The Kier molecular flexibility index (Phi) is 6.14. The number of aldehydes is 1. The van der Waals surface area contributed by atoms with E-state index in [2.05, 4.69) is 38.1 Å². The fraction of sp³-hybridized carbons (Fsp3) is 0.286. The smallest absolute Gasteiger partial charge is 0.150 e. The van der Waals surface area contributed by atoms with E-state index in [0.717, 1.165) is 22.6 Å². The summed E-state index contributed by atoms with van der Waals surface area (Å²) in [6.07, 6.45) is 6.45. The second-order valence-corrected chi connectivity index (χ2v) is 5.59. The Morgan fingerprint density at radius 2 is 1.36 bits per heavy atom. The van der Waals surface area contributed by atoms with E-state index in [9.17, 15) is 4.79 Å². The molecule has 0 heterocycles. The highest BCUT2D eigenvalue weighted by atomic mass is 16.1. The fourth-order valence-corrected chi connectivity index (χ4v) is 2.59. The fourth-order valence-electron chi connectivity index (χ4n) is 2.59. The van der Waals surface area contributed by atoms with Crippen molar-refractivity contribution in [2.75, 3.05) is 0 Å². The molecule has 0 unspecified atom stereocenters. The van der Waals surface area contributed by atoms with Gasteiger partial charge in [-0.15, -0.1) is 0 Å². The quantitative estimate of drug-likeness (QED) is 0.309. The van der Waals surface area contributed by atoms with E-state index in [1.807, 2.05) is 30.3 Å². The molecule has 3 rings (SSSR count). The van der Waals surface area contributed by atoms with Crippen LogP contribution in [0, 0.1) is 0 Å². The minimum atomic E-state index is 0.753. The van der Waals surface area contributed by atoms with Crippen LogP contribution in [-0.2, 0) is 0 Å². The Morgan fingerprint density at radius 3 is 1.95 bits per heavy atom. The first-order chi connectivity index (χ1) is 10.8. The van der Waals surface area contributed by atoms with Gasteiger partial charge in [-0.3, -0.25) is 4.79 Å². The zero-order valence-electron chi connectivity index (χ0n) is 13.5. The lowest BCUT2D eigenvalue weighted by Gasteiger charge is -2.03. The molecular formula is C21H24O. The average Bonchev–Trinajstić information content (AvgIpc) is 2.58. The first-order valence-electron chi connectivity index (χ1n) is 8.16. The highest BCUT2D eigenvalue weighted by Crippen LogP contribution is 2.24. The molecule has 0 aromatic heterocycles. The van der Waals surface area contributed by atoms with Crippen LogP contribution < -0.4 is 0 Å². The van der Waals surface area contributed by atoms with E-state index < -0.39 is 0 Å². The van der Waals surface area contributed by atoms with Gasteiger partial charge in [-0.05, 0) is 33.7 Å². The van der Waals surface area contributed by atoms with Crippen LogP contribution in [0.2, 0.25) is 0 Å². The first kappa shape index (κ1) is 16.2. The molecule has 1 heteroatoms. The van der Waals surface area contributed by atoms with E-state index in [1.165, 1.54) is 36.5 Å². The summed E-state index contributed by atoms with van der Waals surface area (Å²) in [7, 11) is 0. The molecular weight excluding hydrogens is 268 g/mol. The number of carbonyl (C=O) groups is 1. The minimum Gasteiger partial charge on any atom is -0.298 e. The molecule has 3 aromatic rings. The lowest BCUT2D eigenvalue weighted by molar-refractivity contribution is 0.112. The zero-order valence-corrected chi connectivity index (χ0v) is 13.5. The predicted molar refractivity (Wildman–Crippen MR) is 96.7 cm³/mol. The van der Waals surface area contributed by atoms with Gasteiger partial charge < -0.3 is 0 Å². The Balaban J connectivity index is 0.000000254. The molecule has 0 saturated heterocycles. The molecule has 0 radical (unpaired) electrons. The van der Waals surface area contributed by atoms with E-state index in [0.29, 0.717) is 0 Å². The van der Waals surface area contributed by atoms with E-state index in [4.69, 9.17) is 0 Å². The Morgan fingerprint density at radius 1 is 0.773 bits per heavy atom. The second-order valence-electron chi connectivity index (χ2n) is 5.59.